The molecule has 0 saturated carbocycles. The van der Waals surface area contributed by atoms with Crippen LogP contribution in [0.3, 0.4) is 0 Å². The largest absolute Gasteiger partial charge is 0.392 e. The van der Waals surface area contributed by atoms with E-state index in [2.05, 4.69) is 15.9 Å². The van der Waals surface area contributed by atoms with E-state index in [0.29, 0.717) is 18.1 Å². The highest BCUT2D eigenvalue weighted by molar-refractivity contribution is 9.10. The molecule has 0 atom stereocenters. The van der Waals surface area contributed by atoms with Crippen LogP contribution in [-0.4, -0.2) is 39.9 Å². The molecule has 1 aliphatic rings. The van der Waals surface area contributed by atoms with Crippen LogP contribution in [0.2, 0.25) is 0 Å². The van der Waals surface area contributed by atoms with E-state index in [1.54, 1.807) is 11.8 Å². The van der Waals surface area contributed by atoms with Crippen molar-refractivity contribution in [2.45, 2.75) is 24.5 Å². The van der Waals surface area contributed by atoms with Crippen LogP contribution >= 0.6 is 39.9 Å². The van der Waals surface area contributed by atoms with Gasteiger partial charge in [0, 0.05) is 23.1 Å². The number of hydrogen-bond acceptors (Lipinski definition) is 3. The van der Waals surface area contributed by atoms with Crippen molar-refractivity contribution < 1.29 is 4.79 Å². The Morgan fingerprint density at radius 3 is 2.48 bits per heavy atom. The first-order valence-corrected chi connectivity index (χ1v) is 9.22. The fourth-order valence-electron chi connectivity index (χ4n) is 2.66. The summed E-state index contributed by atoms with van der Waals surface area (Å²) in [5.74, 6) is 0.0806. The molecule has 3 nitrogen and oxygen atoms in total. The number of piperidine rings is 1. The molecule has 1 aliphatic heterocycles. The van der Waals surface area contributed by atoms with Crippen molar-refractivity contribution in [3.8, 4) is 0 Å². The van der Waals surface area contributed by atoms with Gasteiger partial charge in [-0.3, -0.25) is 4.79 Å². The van der Waals surface area contributed by atoms with Crippen LogP contribution in [0.15, 0.2) is 22.7 Å². The van der Waals surface area contributed by atoms with E-state index in [9.17, 15) is 4.79 Å². The first-order chi connectivity index (χ1) is 9.88. The Morgan fingerprint density at radius 1 is 1.38 bits per heavy atom. The van der Waals surface area contributed by atoms with E-state index in [1.165, 1.54) is 0 Å². The molecule has 1 aromatic carbocycles. The van der Waals surface area contributed by atoms with Gasteiger partial charge in [0.15, 0.2) is 0 Å². The highest BCUT2D eigenvalue weighted by Crippen LogP contribution is 2.35. The van der Waals surface area contributed by atoms with E-state index in [0.717, 1.165) is 28.4 Å². The molecule has 1 heterocycles. The highest BCUT2D eigenvalue weighted by Gasteiger charge is 2.38. The Balaban J connectivity index is 2.11. The lowest BCUT2D eigenvalue weighted by molar-refractivity contribution is 0.0718. The van der Waals surface area contributed by atoms with Crippen LogP contribution in [0.4, 0.5) is 0 Å². The minimum Gasteiger partial charge on any atom is -0.392 e. The number of nitrogens with zero attached hydrogens (tertiary/aromatic N) is 1. The monoisotopic (exact) mass is 386 g/mol. The molecule has 21 heavy (non-hydrogen) atoms. The smallest absolute Gasteiger partial charge is 0.253 e. The summed E-state index contributed by atoms with van der Waals surface area (Å²) in [5.41, 5.74) is 7.69. The number of nitrogens with two attached hydrogens (primary N) is 1. The number of halogens is 1. The third kappa shape index (κ3) is 3.60. The van der Waals surface area contributed by atoms with Crippen molar-refractivity contribution in [3.05, 3.63) is 33.8 Å². The second kappa shape index (κ2) is 6.67. The molecule has 1 aromatic rings. The van der Waals surface area contributed by atoms with Gasteiger partial charge in [0.05, 0.1) is 9.74 Å². The maximum Gasteiger partial charge on any atom is 0.253 e. The van der Waals surface area contributed by atoms with E-state index in [-0.39, 0.29) is 10.7 Å². The SMILES string of the molecule is CSC1(C(N)=S)CCN(C(=O)c2cc(C)cc(Br)c2)CC1. The first-order valence-electron chi connectivity index (χ1n) is 6.79. The summed E-state index contributed by atoms with van der Waals surface area (Å²) in [5, 5.41) is 0. The van der Waals surface area contributed by atoms with Crippen molar-refractivity contribution in [1.82, 2.24) is 4.90 Å². The summed E-state index contributed by atoms with van der Waals surface area (Å²) in [4.78, 5) is 15.1. The Kier molecular flexibility index (Phi) is 5.33. The molecule has 0 aromatic heterocycles. The third-order valence-electron chi connectivity index (χ3n) is 3.99. The average Bonchev–Trinajstić information content (AvgIpc) is 2.45. The number of rotatable bonds is 3. The quantitative estimate of drug-likeness (QED) is 0.808. The molecule has 2 N–H and O–H groups in total. The van der Waals surface area contributed by atoms with Crippen LogP contribution in [0, 0.1) is 6.92 Å². The fraction of sp³-hybridized carbons (Fsp3) is 0.467. The summed E-state index contributed by atoms with van der Waals surface area (Å²) < 4.78 is 0.781. The Labute approximate surface area is 143 Å². The number of likely N-dealkylation sites (tertiary alicyclic amines) is 1. The highest BCUT2D eigenvalue weighted by atomic mass is 79.9. The van der Waals surface area contributed by atoms with E-state index >= 15 is 0 Å². The summed E-state index contributed by atoms with van der Waals surface area (Å²) in [6.07, 6.45) is 3.68. The van der Waals surface area contributed by atoms with Gasteiger partial charge in [-0.25, -0.2) is 0 Å². The molecule has 0 radical (unpaired) electrons. The summed E-state index contributed by atoms with van der Waals surface area (Å²) in [6, 6.07) is 5.80. The van der Waals surface area contributed by atoms with Gasteiger partial charge in [-0.05, 0) is 49.8 Å². The van der Waals surface area contributed by atoms with Crippen LogP contribution in [0.5, 0.6) is 0 Å². The zero-order valence-corrected chi connectivity index (χ0v) is 15.4. The number of aryl methyl sites for hydroxylation is 1. The third-order valence-corrected chi connectivity index (χ3v) is 6.37. The number of thiocarbonyl (C=S) groups is 1. The van der Waals surface area contributed by atoms with E-state index in [1.807, 2.05) is 36.3 Å². The lowest BCUT2D eigenvalue weighted by Gasteiger charge is -2.40. The molecule has 1 fully saturated rings. The summed E-state index contributed by atoms with van der Waals surface area (Å²) >= 11 is 10.4. The molecule has 0 bridgehead atoms. The Bertz CT molecular complexity index is 549. The predicted molar refractivity (Wildman–Crippen MR) is 97.0 cm³/mol. The molecule has 1 amide bonds. The number of thioether (sulfide) groups is 1. The van der Waals surface area contributed by atoms with Gasteiger partial charge in [-0.2, -0.15) is 11.8 Å². The van der Waals surface area contributed by atoms with Crippen LogP contribution < -0.4 is 5.73 Å². The normalized spacial score (nSPS) is 17.6. The zero-order valence-electron chi connectivity index (χ0n) is 12.2. The van der Waals surface area contributed by atoms with Crippen molar-refractivity contribution in [2.75, 3.05) is 19.3 Å². The lowest BCUT2D eigenvalue weighted by atomic mass is 9.95. The number of hydrogen-bond donors (Lipinski definition) is 1. The van der Waals surface area contributed by atoms with Crippen LogP contribution in [-0.2, 0) is 0 Å². The molecule has 0 aliphatic carbocycles. The number of benzene rings is 1. The molecule has 2 rings (SSSR count). The molecule has 1 saturated heterocycles. The molecular weight excluding hydrogens is 368 g/mol. The number of amides is 1. The van der Waals surface area contributed by atoms with Gasteiger partial charge in [0.25, 0.3) is 5.91 Å². The maximum absolute atomic E-state index is 12.6. The van der Waals surface area contributed by atoms with Gasteiger partial charge in [-0.1, -0.05) is 28.1 Å². The van der Waals surface area contributed by atoms with Gasteiger partial charge in [0.2, 0.25) is 0 Å². The molecule has 0 unspecified atom stereocenters. The average molecular weight is 387 g/mol. The summed E-state index contributed by atoms with van der Waals surface area (Å²) in [6.45, 7) is 3.38. The van der Waals surface area contributed by atoms with Gasteiger partial charge >= 0.3 is 0 Å². The van der Waals surface area contributed by atoms with Crippen molar-refractivity contribution in [1.29, 1.82) is 0 Å². The van der Waals surface area contributed by atoms with Crippen molar-refractivity contribution >= 4 is 50.8 Å². The van der Waals surface area contributed by atoms with Gasteiger partial charge < -0.3 is 10.6 Å². The second-order valence-corrected chi connectivity index (χ2v) is 7.92. The Hall–Kier alpha value is -0.590. The van der Waals surface area contributed by atoms with E-state index in [4.69, 9.17) is 18.0 Å². The standard InChI is InChI=1S/C15H19BrN2OS2/c1-10-7-11(9-12(16)8-10)13(19)18-5-3-15(21-2,4-6-18)14(17)20/h7-9H,3-6H2,1-2H3,(H2,17,20). The topological polar surface area (TPSA) is 46.3 Å². The fourth-order valence-corrected chi connectivity index (χ4v) is 4.52. The molecular formula is C15H19BrN2OS2. The van der Waals surface area contributed by atoms with E-state index < -0.39 is 0 Å². The minimum atomic E-state index is -0.153. The van der Waals surface area contributed by atoms with Crippen LogP contribution in [0.1, 0.15) is 28.8 Å². The minimum absolute atomic E-state index is 0.0806. The van der Waals surface area contributed by atoms with Gasteiger partial charge in [-0.15, -0.1) is 0 Å². The second-order valence-electron chi connectivity index (χ2n) is 5.37. The molecule has 0 spiro atoms. The molecule has 114 valence electrons. The number of carbonyl (C=O) groups is 1. The number of carbonyl (C=O) groups excluding carboxylic acids is 1. The Morgan fingerprint density at radius 2 is 2.00 bits per heavy atom. The predicted octanol–water partition coefficient (Wildman–Crippen LogP) is 3.38. The van der Waals surface area contributed by atoms with Crippen molar-refractivity contribution in [2.24, 2.45) is 5.73 Å². The lowest BCUT2D eigenvalue weighted by Crippen LogP contribution is -2.50. The van der Waals surface area contributed by atoms with Gasteiger partial charge in [0.1, 0.15) is 0 Å². The first kappa shape index (κ1) is 16.8. The maximum atomic E-state index is 12.6. The summed E-state index contributed by atoms with van der Waals surface area (Å²) in [7, 11) is 0. The molecule has 6 heteroatoms. The van der Waals surface area contributed by atoms with Crippen LogP contribution in [0.25, 0.3) is 0 Å². The van der Waals surface area contributed by atoms with Crippen molar-refractivity contribution in [3.63, 3.8) is 0 Å². The zero-order chi connectivity index (χ0) is 15.6.